The van der Waals surface area contributed by atoms with Gasteiger partial charge in [0.15, 0.2) is 0 Å². The van der Waals surface area contributed by atoms with Gasteiger partial charge >= 0.3 is 5.97 Å². The number of benzene rings is 1. The van der Waals surface area contributed by atoms with E-state index < -0.39 is 5.97 Å². The van der Waals surface area contributed by atoms with E-state index in [1.165, 1.54) is 6.08 Å². The molecule has 1 N–H and O–H groups in total. The van der Waals surface area contributed by atoms with Crippen molar-refractivity contribution in [2.24, 2.45) is 0 Å². The molecular formula is C11H10O3. The molecule has 0 heterocycles. The average Bonchev–Trinajstić information content (AvgIpc) is 2.16. The second kappa shape index (κ2) is 4.97. The van der Waals surface area contributed by atoms with E-state index in [0.717, 1.165) is 5.56 Å². The molecule has 3 heteroatoms. The number of carbonyl (C=O) groups is 2. The number of rotatable bonds is 4. The monoisotopic (exact) mass is 190 g/mol. The molecule has 0 aliphatic heterocycles. The van der Waals surface area contributed by atoms with Crippen molar-refractivity contribution < 1.29 is 14.7 Å². The third-order valence-electron chi connectivity index (χ3n) is 1.75. The standard InChI is InChI=1S/C11H10O3/c12-7-3-6-9-4-1-2-5-10(9)8-11(13)14/h1-7H,8H2,(H,13,14). The average molecular weight is 190 g/mol. The van der Waals surface area contributed by atoms with Gasteiger partial charge in [0.25, 0.3) is 0 Å². The zero-order chi connectivity index (χ0) is 10.4. The van der Waals surface area contributed by atoms with Crippen molar-refractivity contribution >= 4 is 18.3 Å². The minimum absolute atomic E-state index is 0.0284. The van der Waals surface area contributed by atoms with Crippen molar-refractivity contribution in [1.82, 2.24) is 0 Å². The highest BCUT2D eigenvalue weighted by molar-refractivity contribution is 5.77. The van der Waals surface area contributed by atoms with Gasteiger partial charge in [-0.3, -0.25) is 9.59 Å². The summed E-state index contributed by atoms with van der Waals surface area (Å²) in [5, 5.41) is 8.62. The summed E-state index contributed by atoms with van der Waals surface area (Å²) < 4.78 is 0. The van der Waals surface area contributed by atoms with Gasteiger partial charge in [0.05, 0.1) is 6.42 Å². The van der Waals surface area contributed by atoms with Crippen LogP contribution in [0.25, 0.3) is 6.08 Å². The van der Waals surface area contributed by atoms with Crippen molar-refractivity contribution in [3.05, 3.63) is 41.5 Å². The smallest absolute Gasteiger partial charge is 0.307 e. The molecule has 0 fully saturated rings. The zero-order valence-corrected chi connectivity index (χ0v) is 7.51. The SMILES string of the molecule is O=CC=Cc1ccccc1CC(=O)O. The lowest BCUT2D eigenvalue weighted by Gasteiger charge is -2.01. The van der Waals surface area contributed by atoms with Crippen LogP contribution in [0.5, 0.6) is 0 Å². The summed E-state index contributed by atoms with van der Waals surface area (Å²) in [6, 6.07) is 7.09. The number of aldehydes is 1. The summed E-state index contributed by atoms with van der Waals surface area (Å²) >= 11 is 0. The van der Waals surface area contributed by atoms with Crippen LogP contribution >= 0.6 is 0 Å². The largest absolute Gasteiger partial charge is 0.481 e. The number of hydrogen-bond donors (Lipinski definition) is 1. The molecular weight excluding hydrogens is 180 g/mol. The van der Waals surface area contributed by atoms with Gasteiger partial charge in [-0.1, -0.05) is 30.3 Å². The molecule has 0 aromatic heterocycles. The fraction of sp³-hybridized carbons (Fsp3) is 0.0909. The Morgan fingerprint density at radius 1 is 1.36 bits per heavy atom. The Morgan fingerprint density at radius 3 is 2.71 bits per heavy atom. The fourth-order valence-corrected chi connectivity index (χ4v) is 1.16. The van der Waals surface area contributed by atoms with E-state index in [9.17, 15) is 9.59 Å². The molecule has 0 radical (unpaired) electrons. The van der Waals surface area contributed by atoms with E-state index in [-0.39, 0.29) is 6.42 Å². The van der Waals surface area contributed by atoms with Gasteiger partial charge < -0.3 is 5.11 Å². The molecule has 14 heavy (non-hydrogen) atoms. The van der Waals surface area contributed by atoms with E-state index in [2.05, 4.69) is 0 Å². The van der Waals surface area contributed by atoms with Gasteiger partial charge in [0.2, 0.25) is 0 Å². The predicted molar refractivity (Wildman–Crippen MR) is 52.9 cm³/mol. The summed E-state index contributed by atoms with van der Waals surface area (Å²) in [4.78, 5) is 20.6. The summed E-state index contributed by atoms with van der Waals surface area (Å²) in [6.45, 7) is 0. The first-order valence-corrected chi connectivity index (χ1v) is 4.15. The van der Waals surface area contributed by atoms with Crippen LogP contribution in [0, 0.1) is 0 Å². The number of carboxylic acids is 1. The quantitative estimate of drug-likeness (QED) is 0.578. The lowest BCUT2D eigenvalue weighted by molar-refractivity contribution is -0.136. The summed E-state index contributed by atoms with van der Waals surface area (Å²) in [6.07, 6.45) is 3.59. The fourth-order valence-electron chi connectivity index (χ4n) is 1.16. The molecule has 0 bridgehead atoms. The van der Waals surface area contributed by atoms with Crippen molar-refractivity contribution in [3.63, 3.8) is 0 Å². The molecule has 0 aliphatic carbocycles. The molecule has 0 aliphatic rings. The Morgan fingerprint density at radius 2 is 2.07 bits per heavy atom. The molecule has 1 aromatic rings. The molecule has 1 rings (SSSR count). The minimum atomic E-state index is -0.878. The van der Waals surface area contributed by atoms with Crippen molar-refractivity contribution in [2.75, 3.05) is 0 Å². The second-order valence-corrected chi connectivity index (χ2v) is 2.76. The summed E-state index contributed by atoms with van der Waals surface area (Å²) in [7, 11) is 0. The Labute approximate surface area is 81.7 Å². The van der Waals surface area contributed by atoms with E-state index in [4.69, 9.17) is 5.11 Å². The lowest BCUT2D eigenvalue weighted by Crippen LogP contribution is -2.01. The first kappa shape index (κ1) is 10.2. The van der Waals surface area contributed by atoms with Gasteiger partial charge in [-0.2, -0.15) is 0 Å². The third kappa shape index (κ3) is 2.86. The molecule has 0 unspecified atom stereocenters. The van der Waals surface area contributed by atoms with E-state index in [1.54, 1.807) is 30.3 Å². The first-order valence-electron chi connectivity index (χ1n) is 4.15. The Hall–Kier alpha value is -1.90. The zero-order valence-electron chi connectivity index (χ0n) is 7.51. The Kier molecular flexibility index (Phi) is 3.61. The number of hydrogen-bond acceptors (Lipinski definition) is 2. The van der Waals surface area contributed by atoms with Gasteiger partial charge in [0.1, 0.15) is 6.29 Å². The molecule has 0 amide bonds. The predicted octanol–water partition coefficient (Wildman–Crippen LogP) is 1.53. The highest BCUT2D eigenvalue weighted by Crippen LogP contribution is 2.11. The Bertz CT molecular complexity index is 367. The van der Waals surface area contributed by atoms with Gasteiger partial charge in [-0.05, 0) is 17.2 Å². The molecule has 0 spiro atoms. The van der Waals surface area contributed by atoms with Crippen molar-refractivity contribution in [2.45, 2.75) is 6.42 Å². The van der Waals surface area contributed by atoms with Gasteiger partial charge in [-0.15, -0.1) is 0 Å². The maximum atomic E-state index is 10.5. The van der Waals surface area contributed by atoms with E-state index in [1.807, 2.05) is 0 Å². The van der Waals surface area contributed by atoms with Crippen LogP contribution in [-0.2, 0) is 16.0 Å². The van der Waals surface area contributed by atoms with Gasteiger partial charge in [0, 0.05) is 0 Å². The van der Waals surface area contributed by atoms with Crippen LogP contribution in [0.3, 0.4) is 0 Å². The van der Waals surface area contributed by atoms with E-state index in [0.29, 0.717) is 11.8 Å². The molecule has 0 saturated carbocycles. The molecule has 3 nitrogen and oxygen atoms in total. The van der Waals surface area contributed by atoms with Crippen molar-refractivity contribution in [1.29, 1.82) is 0 Å². The lowest BCUT2D eigenvalue weighted by atomic mass is 10.0. The molecule has 1 aromatic carbocycles. The highest BCUT2D eigenvalue weighted by Gasteiger charge is 2.03. The number of carboxylic acid groups (broad SMARTS) is 1. The maximum Gasteiger partial charge on any atom is 0.307 e. The number of allylic oxidation sites excluding steroid dienone is 1. The van der Waals surface area contributed by atoms with Crippen LogP contribution < -0.4 is 0 Å². The summed E-state index contributed by atoms with van der Waals surface area (Å²) in [5.74, 6) is -0.878. The van der Waals surface area contributed by atoms with Crippen molar-refractivity contribution in [3.8, 4) is 0 Å². The number of carbonyl (C=O) groups excluding carboxylic acids is 1. The van der Waals surface area contributed by atoms with Gasteiger partial charge in [-0.25, -0.2) is 0 Å². The van der Waals surface area contributed by atoms with Crippen LogP contribution in [0.2, 0.25) is 0 Å². The second-order valence-electron chi connectivity index (χ2n) is 2.76. The first-order chi connectivity index (χ1) is 6.74. The third-order valence-corrected chi connectivity index (χ3v) is 1.75. The van der Waals surface area contributed by atoms with Crippen LogP contribution in [0.4, 0.5) is 0 Å². The molecule has 72 valence electrons. The number of aliphatic carboxylic acids is 1. The molecule has 0 saturated heterocycles. The normalized spacial score (nSPS) is 10.3. The maximum absolute atomic E-state index is 10.5. The summed E-state index contributed by atoms with van der Waals surface area (Å²) in [5.41, 5.74) is 1.47. The minimum Gasteiger partial charge on any atom is -0.481 e. The van der Waals surface area contributed by atoms with E-state index >= 15 is 0 Å². The van der Waals surface area contributed by atoms with Crippen LogP contribution in [0.1, 0.15) is 11.1 Å². The van der Waals surface area contributed by atoms with Crippen LogP contribution in [0.15, 0.2) is 30.3 Å². The highest BCUT2D eigenvalue weighted by atomic mass is 16.4. The Balaban J connectivity index is 2.96. The molecule has 0 atom stereocenters. The van der Waals surface area contributed by atoms with Crippen LogP contribution in [-0.4, -0.2) is 17.4 Å². The topological polar surface area (TPSA) is 54.4 Å².